The molecule has 0 aliphatic carbocycles. The molecule has 0 atom stereocenters. The topological polar surface area (TPSA) is 60.2 Å². The van der Waals surface area contributed by atoms with Crippen LogP contribution in [0.4, 0.5) is 21.6 Å². The minimum atomic E-state index is -0.348. The van der Waals surface area contributed by atoms with Crippen molar-refractivity contribution in [3.05, 3.63) is 41.7 Å². The second kappa shape index (κ2) is 4.91. The Morgan fingerprint density at radius 2 is 2.06 bits per heavy atom. The molecular weight excluding hydrogens is 233 g/mol. The van der Waals surface area contributed by atoms with Gasteiger partial charge in [-0.25, -0.2) is 4.39 Å². The van der Waals surface area contributed by atoms with Crippen LogP contribution in [-0.2, 0) is 0 Å². The molecule has 1 aromatic heterocycles. The second-order valence-corrected chi connectivity index (χ2v) is 3.90. The summed E-state index contributed by atoms with van der Waals surface area (Å²) in [6.07, 6.45) is 0. The van der Waals surface area contributed by atoms with Gasteiger partial charge >= 0.3 is 0 Å². The van der Waals surface area contributed by atoms with Crippen LogP contribution in [0.3, 0.4) is 0 Å². The Morgan fingerprint density at radius 3 is 2.72 bits per heavy atom. The summed E-state index contributed by atoms with van der Waals surface area (Å²) in [5, 5.41) is 2.85. The highest BCUT2D eigenvalue weighted by molar-refractivity contribution is 5.69. The molecule has 2 rings (SSSR count). The van der Waals surface area contributed by atoms with Gasteiger partial charge in [-0.05, 0) is 30.7 Å². The fourth-order valence-electron chi connectivity index (χ4n) is 1.51. The van der Waals surface area contributed by atoms with Crippen LogP contribution in [0.5, 0.6) is 5.88 Å². The third-order valence-corrected chi connectivity index (χ3v) is 2.49. The zero-order chi connectivity index (χ0) is 13.1. The number of pyridine rings is 1. The number of rotatable bonds is 3. The molecule has 0 unspecified atom stereocenters. The number of hydrogen-bond acceptors (Lipinski definition) is 4. The van der Waals surface area contributed by atoms with E-state index in [9.17, 15) is 4.39 Å². The quantitative estimate of drug-likeness (QED) is 0.875. The summed E-state index contributed by atoms with van der Waals surface area (Å²) in [5.74, 6) is 0.440. The Morgan fingerprint density at radius 1 is 1.28 bits per heavy atom. The number of benzene rings is 1. The van der Waals surface area contributed by atoms with Crippen molar-refractivity contribution in [3.8, 4) is 5.88 Å². The van der Waals surface area contributed by atoms with Gasteiger partial charge in [0.05, 0.1) is 18.5 Å². The molecular formula is C13H14FN3O. The van der Waals surface area contributed by atoms with Gasteiger partial charge in [0.25, 0.3) is 0 Å². The zero-order valence-electron chi connectivity index (χ0n) is 10.2. The molecule has 0 fully saturated rings. The highest BCUT2D eigenvalue weighted by atomic mass is 19.1. The number of hydrogen-bond donors (Lipinski definition) is 2. The third kappa shape index (κ3) is 2.51. The average molecular weight is 247 g/mol. The van der Waals surface area contributed by atoms with E-state index < -0.39 is 0 Å². The van der Waals surface area contributed by atoms with Crippen LogP contribution in [0.15, 0.2) is 30.3 Å². The molecule has 3 N–H and O–H groups in total. The van der Waals surface area contributed by atoms with Crippen molar-refractivity contribution in [2.75, 3.05) is 18.2 Å². The lowest BCUT2D eigenvalue weighted by atomic mass is 10.2. The maximum atomic E-state index is 13.7. The number of aromatic nitrogens is 1. The highest BCUT2D eigenvalue weighted by Crippen LogP contribution is 2.25. The number of ether oxygens (including phenoxy) is 1. The van der Waals surface area contributed by atoms with E-state index >= 15 is 0 Å². The van der Waals surface area contributed by atoms with E-state index in [1.165, 1.54) is 13.2 Å². The predicted molar refractivity (Wildman–Crippen MR) is 69.6 cm³/mol. The molecule has 0 aliphatic heterocycles. The van der Waals surface area contributed by atoms with Crippen molar-refractivity contribution >= 4 is 17.2 Å². The summed E-state index contributed by atoms with van der Waals surface area (Å²) >= 11 is 0. The van der Waals surface area contributed by atoms with Crippen LogP contribution in [0.25, 0.3) is 0 Å². The normalized spacial score (nSPS) is 10.2. The van der Waals surface area contributed by atoms with Crippen LogP contribution >= 0.6 is 0 Å². The molecule has 18 heavy (non-hydrogen) atoms. The summed E-state index contributed by atoms with van der Waals surface area (Å²) < 4.78 is 18.7. The molecule has 2 aromatic rings. The Labute approximate surface area is 105 Å². The molecule has 0 radical (unpaired) electrons. The Hall–Kier alpha value is -2.30. The van der Waals surface area contributed by atoms with Gasteiger partial charge in [0, 0.05) is 6.07 Å². The first-order valence-corrected chi connectivity index (χ1v) is 5.44. The number of anilines is 3. The zero-order valence-corrected chi connectivity index (χ0v) is 10.2. The van der Waals surface area contributed by atoms with Crippen LogP contribution in [-0.4, -0.2) is 12.1 Å². The lowest BCUT2D eigenvalue weighted by molar-refractivity contribution is 0.398. The van der Waals surface area contributed by atoms with Crippen molar-refractivity contribution in [3.63, 3.8) is 0 Å². The number of nitrogens with two attached hydrogens (primary N) is 1. The van der Waals surface area contributed by atoms with Crippen molar-refractivity contribution in [2.45, 2.75) is 6.92 Å². The number of methoxy groups -OCH3 is 1. The molecule has 1 aromatic carbocycles. The van der Waals surface area contributed by atoms with Gasteiger partial charge in [-0.1, -0.05) is 6.07 Å². The van der Waals surface area contributed by atoms with Crippen molar-refractivity contribution < 1.29 is 9.13 Å². The van der Waals surface area contributed by atoms with Crippen molar-refractivity contribution in [1.29, 1.82) is 0 Å². The highest BCUT2D eigenvalue weighted by Gasteiger charge is 2.07. The lowest BCUT2D eigenvalue weighted by Gasteiger charge is -2.10. The van der Waals surface area contributed by atoms with Gasteiger partial charge in [0.2, 0.25) is 5.88 Å². The number of halogens is 1. The molecule has 1 heterocycles. The molecule has 4 nitrogen and oxygen atoms in total. The van der Waals surface area contributed by atoms with Crippen LogP contribution in [0, 0.1) is 12.7 Å². The predicted octanol–water partition coefficient (Wildman–Crippen LogP) is 2.86. The van der Waals surface area contributed by atoms with Gasteiger partial charge in [-0.15, -0.1) is 0 Å². The smallest absolute Gasteiger partial charge is 0.215 e. The third-order valence-electron chi connectivity index (χ3n) is 2.49. The fraction of sp³-hybridized carbons (Fsp3) is 0.154. The van der Waals surface area contributed by atoms with E-state index in [0.29, 0.717) is 23.1 Å². The standard InChI is InChI=1S/C13H14FN3O/c1-8-3-5-11(9(14)7-8)16-13-10(15)4-6-12(17-13)18-2/h3-7H,15H2,1-2H3,(H,16,17). The number of nitrogen functional groups attached to an aromatic ring is 1. The Balaban J connectivity index is 2.33. The number of aryl methyl sites for hydroxylation is 1. The van der Waals surface area contributed by atoms with Gasteiger partial charge < -0.3 is 15.8 Å². The summed E-state index contributed by atoms with van der Waals surface area (Å²) in [7, 11) is 1.51. The summed E-state index contributed by atoms with van der Waals surface area (Å²) in [4.78, 5) is 4.12. The molecule has 0 spiro atoms. The average Bonchev–Trinajstić information content (AvgIpc) is 2.35. The van der Waals surface area contributed by atoms with Crippen LogP contribution in [0.1, 0.15) is 5.56 Å². The molecule has 0 bridgehead atoms. The molecule has 5 heteroatoms. The summed E-state index contributed by atoms with van der Waals surface area (Å²) in [5.41, 5.74) is 7.37. The summed E-state index contributed by atoms with van der Waals surface area (Å²) in [6, 6.07) is 8.19. The van der Waals surface area contributed by atoms with Crippen LogP contribution < -0.4 is 15.8 Å². The lowest BCUT2D eigenvalue weighted by Crippen LogP contribution is -2.02. The maximum absolute atomic E-state index is 13.7. The Kier molecular flexibility index (Phi) is 3.32. The van der Waals surface area contributed by atoms with Gasteiger partial charge in [0.1, 0.15) is 5.82 Å². The van der Waals surface area contributed by atoms with Gasteiger partial charge in [-0.2, -0.15) is 4.98 Å². The first-order chi connectivity index (χ1) is 8.60. The first kappa shape index (κ1) is 12.2. The largest absolute Gasteiger partial charge is 0.481 e. The minimum Gasteiger partial charge on any atom is -0.481 e. The van der Waals surface area contributed by atoms with Crippen molar-refractivity contribution in [2.24, 2.45) is 0 Å². The number of nitrogens with one attached hydrogen (secondary N) is 1. The first-order valence-electron chi connectivity index (χ1n) is 5.44. The van der Waals surface area contributed by atoms with Crippen molar-refractivity contribution in [1.82, 2.24) is 4.98 Å². The SMILES string of the molecule is COc1ccc(N)c(Nc2ccc(C)cc2F)n1. The maximum Gasteiger partial charge on any atom is 0.215 e. The van der Waals surface area contributed by atoms with E-state index in [1.807, 2.05) is 13.0 Å². The molecule has 94 valence electrons. The molecule has 0 saturated carbocycles. The molecule has 0 saturated heterocycles. The van der Waals surface area contributed by atoms with Crippen LogP contribution in [0.2, 0.25) is 0 Å². The Bertz CT molecular complexity index is 572. The van der Waals surface area contributed by atoms with Gasteiger partial charge in [0.15, 0.2) is 5.82 Å². The van der Waals surface area contributed by atoms with E-state index in [1.54, 1.807) is 18.2 Å². The monoisotopic (exact) mass is 247 g/mol. The fourth-order valence-corrected chi connectivity index (χ4v) is 1.51. The minimum absolute atomic E-state index is 0.327. The van der Waals surface area contributed by atoms with E-state index in [-0.39, 0.29) is 5.82 Å². The van der Waals surface area contributed by atoms with E-state index in [2.05, 4.69) is 10.3 Å². The van der Waals surface area contributed by atoms with E-state index in [0.717, 1.165) is 5.56 Å². The molecule has 0 amide bonds. The van der Waals surface area contributed by atoms with Gasteiger partial charge in [-0.3, -0.25) is 0 Å². The summed E-state index contributed by atoms with van der Waals surface area (Å²) in [6.45, 7) is 1.82. The number of nitrogens with zero attached hydrogens (tertiary/aromatic N) is 1. The molecule has 0 aliphatic rings. The second-order valence-electron chi connectivity index (χ2n) is 3.90. The van der Waals surface area contributed by atoms with E-state index in [4.69, 9.17) is 10.5 Å².